The fourth-order valence-electron chi connectivity index (χ4n) is 3.01. The van der Waals surface area contributed by atoms with Crippen molar-refractivity contribution in [3.63, 3.8) is 0 Å². The van der Waals surface area contributed by atoms with Crippen LogP contribution in [0.1, 0.15) is 24.0 Å². The number of halogens is 6. The maximum Gasteiger partial charge on any atom is 0.416 e. The summed E-state index contributed by atoms with van der Waals surface area (Å²) in [5, 5.41) is 9.17. The minimum absolute atomic E-state index is 0.00726. The number of nitrogens with zero attached hydrogens (tertiary/aromatic N) is 1. The van der Waals surface area contributed by atoms with Crippen molar-refractivity contribution in [3.8, 4) is 0 Å². The number of aliphatic hydroxyl groups is 1. The Morgan fingerprint density at radius 1 is 1.07 bits per heavy atom. The van der Waals surface area contributed by atoms with Crippen molar-refractivity contribution < 1.29 is 39.9 Å². The summed E-state index contributed by atoms with van der Waals surface area (Å²) in [6.07, 6.45) is -8.61. The van der Waals surface area contributed by atoms with E-state index in [1.807, 2.05) is 9.62 Å². The van der Waals surface area contributed by atoms with Crippen molar-refractivity contribution in [1.29, 1.82) is 0 Å². The van der Waals surface area contributed by atoms with Crippen LogP contribution in [0.2, 0.25) is 0 Å². The molecule has 5 nitrogen and oxygen atoms in total. The van der Waals surface area contributed by atoms with E-state index in [0.717, 1.165) is 12.8 Å². The summed E-state index contributed by atoms with van der Waals surface area (Å²) in [7, 11) is -4.57. The highest BCUT2D eigenvalue weighted by Gasteiger charge is 2.38. The van der Waals surface area contributed by atoms with Gasteiger partial charge in [0.1, 0.15) is 0 Å². The largest absolute Gasteiger partial charge is 0.416 e. The predicted molar refractivity (Wildman–Crippen MR) is 87.9 cm³/mol. The monoisotopic (exact) mass is 434 g/mol. The lowest BCUT2D eigenvalue weighted by atomic mass is 9.99. The maximum atomic E-state index is 12.9. The Balaban J connectivity index is 2.15. The second-order valence-electron chi connectivity index (χ2n) is 6.63. The van der Waals surface area contributed by atoms with E-state index in [1.54, 1.807) is 0 Å². The molecule has 2 rings (SSSR count). The molecule has 0 aliphatic carbocycles. The van der Waals surface area contributed by atoms with Crippen molar-refractivity contribution >= 4 is 10.0 Å². The van der Waals surface area contributed by atoms with E-state index in [4.69, 9.17) is 0 Å². The van der Waals surface area contributed by atoms with Gasteiger partial charge >= 0.3 is 12.4 Å². The fraction of sp³-hybridized carbons (Fsp3) is 0.625. The minimum Gasteiger partial charge on any atom is -0.396 e. The summed E-state index contributed by atoms with van der Waals surface area (Å²) in [6.45, 7) is 1.24. The fourth-order valence-corrected chi connectivity index (χ4v) is 4.10. The van der Waals surface area contributed by atoms with Gasteiger partial charge in [0.2, 0.25) is 10.0 Å². The summed E-state index contributed by atoms with van der Waals surface area (Å²) in [6, 6.07) is 0.238. The van der Waals surface area contributed by atoms with Gasteiger partial charge in [0.15, 0.2) is 0 Å². The van der Waals surface area contributed by atoms with Crippen LogP contribution < -0.4 is 4.72 Å². The van der Waals surface area contributed by atoms with Gasteiger partial charge in [-0.25, -0.2) is 13.1 Å². The number of likely N-dealkylation sites (tertiary alicyclic amines) is 1. The predicted octanol–water partition coefficient (Wildman–Crippen LogP) is 2.71. The summed E-state index contributed by atoms with van der Waals surface area (Å²) in [4.78, 5) is 0.779. The van der Waals surface area contributed by atoms with E-state index in [0.29, 0.717) is 13.1 Å². The van der Waals surface area contributed by atoms with Crippen LogP contribution in [-0.4, -0.2) is 51.2 Å². The van der Waals surface area contributed by atoms with Crippen LogP contribution in [0.5, 0.6) is 0 Å². The highest BCUT2D eigenvalue weighted by atomic mass is 32.2. The number of alkyl halides is 6. The number of sulfonamides is 1. The van der Waals surface area contributed by atoms with Gasteiger partial charge in [-0.3, -0.25) is 0 Å². The number of piperidine rings is 1. The van der Waals surface area contributed by atoms with Gasteiger partial charge in [0.05, 0.1) is 16.0 Å². The van der Waals surface area contributed by atoms with Crippen LogP contribution in [-0.2, 0) is 22.4 Å². The molecular weight excluding hydrogens is 414 g/mol. The van der Waals surface area contributed by atoms with Crippen molar-refractivity contribution in [2.24, 2.45) is 5.92 Å². The first-order valence-corrected chi connectivity index (χ1v) is 9.93. The molecule has 1 fully saturated rings. The molecule has 1 aromatic carbocycles. The molecule has 0 bridgehead atoms. The highest BCUT2D eigenvalue weighted by Crippen LogP contribution is 2.37. The third kappa shape index (κ3) is 6.06. The van der Waals surface area contributed by atoms with Gasteiger partial charge < -0.3 is 10.0 Å². The Labute approximate surface area is 158 Å². The normalized spacial score (nSPS) is 19.8. The van der Waals surface area contributed by atoms with Gasteiger partial charge in [-0.1, -0.05) is 0 Å². The smallest absolute Gasteiger partial charge is 0.396 e. The first-order valence-electron chi connectivity index (χ1n) is 8.45. The van der Waals surface area contributed by atoms with E-state index in [1.165, 1.54) is 0 Å². The molecule has 1 heterocycles. The standard InChI is InChI=1S/C16H20F6N2O3S/c17-15(18,19)12-6-13(16(20,21)22)8-14(7-12)28(26,27)23-3-5-24-4-1-2-11(9-24)10-25/h6-8,11,23,25H,1-5,9-10H2. The zero-order valence-electron chi connectivity index (χ0n) is 14.6. The number of rotatable bonds is 6. The summed E-state index contributed by atoms with van der Waals surface area (Å²) in [5.74, 6) is 0.0585. The van der Waals surface area contributed by atoms with Crippen LogP contribution >= 0.6 is 0 Å². The second kappa shape index (κ2) is 8.56. The SMILES string of the molecule is O=S(=O)(NCCN1CCCC(CO)C1)c1cc(C(F)(F)F)cc(C(F)(F)F)c1. The molecule has 1 aliphatic rings. The van der Waals surface area contributed by atoms with Crippen LogP contribution in [0, 0.1) is 5.92 Å². The van der Waals surface area contributed by atoms with E-state index < -0.39 is 38.4 Å². The molecule has 0 aromatic heterocycles. The lowest BCUT2D eigenvalue weighted by Crippen LogP contribution is -2.41. The molecular formula is C16H20F6N2O3S. The van der Waals surface area contributed by atoms with Gasteiger partial charge in [-0.2, -0.15) is 26.3 Å². The maximum absolute atomic E-state index is 12.9. The molecule has 0 amide bonds. The first kappa shape index (κ1) is 22.9. The number of benzene rings is 1. The molecule has 1 aromatic rings. The van der Waals surface area contributed by atoms with E-state index in [-0.39, 0.29) is 43.8 Å². The molecule has 0 radical (unpaired) electrons. The average molecular weight is 434 g/mol. The Bertz CT molecular complexity index is 747. The third-order valence-corrected chi connectivity index (χ3v) is 5.89. The Hall–Kier alpha value is -1.37. The lowest BCUT2D eigenvalue weighted by Gasteiger charge is -2.31. The molecule has 1 aliphatic heterocycles. The van der Waals surface area contributed by atoms with Crippen LogP contribution in [0.25, 0.3) is 0 Å². The average Bonchev–Trinajstić information content (AvgIpc) is 2.60. The van der Waals surface area contributed by atoms with E-state index in [2.05, 4.69) is 0 Å². The molecule has 2 N–H and O–H groups in total. The van der Waals surface area contributed by atoms with Gasteiger partial charge in [-0.15, -0.1) is 0 Å². The Morgan fingerprint density at radius 2 is 1.64 bits per heavy atom. The van der Waals surface area contributed by atoms with Crippen LogP contribution in [0.4, 0.5) is 26.3 Å². The molecule has 1 atom stereocenters. The molecule has 1 unspecified atom stereocenters. The van der Waals surface area contributed by atoms with Gasteiger partial charge in [-0.05, 0) is 43.5 Å². The minimum atomic E-state index is -5.13. The molecule has 28 heavy (non-hydrogen) atoms. The summed E-state index contributed by atoms with van der Waals surface area (Å²) in [5.41, 5.74) is -3.38. The lowest BCUT2D eigenvalue weighted by molar-refractivity contribution is -0.143. The molecule has 0 spiro atoms. The number of hydrogen-bond donors (Lipinski definition) is 2. The molecule has 160 valence electrons. The summed E-state index contributed by atoms with van der Waals surface area (Å²) >= 11 is 0. The van der Waals surface area contributed by atoms with Crippen molar-refractivity contribution in [2.75, 3.05) is 32.8 Å². The topological polar surface area (TPSA) is 69.6 Å². The molecule has 1 saturated heterocycles. The molecule has 0 saturated carbocycles. The van der Waals surface area contributed by atoms with E-state index >= 15 is 0 Å². The summed E-state index contributed by atoms with van der Waals surface area (Å²) < 4.78 is 104. The van der Waals surface area contributed by atoms with Gasteiger partial charge in [0, 0.05) is 26.2 Å². The van der Waals surface area contributed by atoms with Crippen LogP contribution in [0.15, 0.2) is 23.1 Å². The van der Waals surface area contributed by atoms with Crippen LogP contribution in [0.3, 0.4) is 0 Å². The zero-order valence-corrected chi connectivity index (χ0v) is 15.5. The highest BCUT2D eigenvalue weighted by molar-refractivity contribution is 7.89. The number of nitrogens with one attached hydrogen (secondary N) is 1. The zero-order chi connectivity index (χ0) is 21.2. The third-order valence-electron chi connectivity index (χ3n) is 4.45. The second-order valence-corrected chi connectivity index (χ2v) is 8.40. The Morgan fingerprint density at radius 3 is 2.14 bits per heavy atom. The molecule has 12 heteroatoms. The van der Waals surface area contributed by atoms with Gasteiger partial charge in [0.25, 0.3) is 0 Å². The first-order chi connectivity index (χ1) is 12.8. The van der Waals surface area contributed by atoms with Crippen molar-refractivity contribution in [3.05, 3.63) is 29.3 Å². The Kier molecular flexibility index (Phi) is 7.00. The van der Waals surface area contributed by atoms with Crippen molar-refractivity contribution in [2.45, 2.75) is 30.1 Å². The van der Waals surface area contributed by atoms with E-state index in [9.17, 15) is 39.9 Å². The number of hydrogen-bond acceptors (Lipinski definition) is 4. The van der Waals surface area contributed by atoms with Crippen molar-refractivity contribution in [1.82, 2.24) is 9.62 Å². The quantitative estimate of drug-likeness (QED) is 0.676. The number of aliphatic hydroxyl groups excluding tert-OH is 1.